The van der Waals surface area contributed by atoms with E-state index in [0.717, 1.165) is 30.4 Å². The van der Waals surface area contributed by atoms with E-state index in [-0.39, 0.29) is 42.4 Å². The summed E-state index contributed by atoms with van der Waals surface area (Å²) in [6, 6.07) is 0. The highest BCUT2D eigenvalue weighted by Crippen LogP contribution is 2.47. The zero-order chi connectivity index (χ0) is 31.4. The third-order valence-corrected chi connectivity index (χ3v) is 10.1. The molecule has 0 aromatic heterocycles. The van der Waals surface area contributed by atoms with Crippen LogP contribution in [-0.2, 0) is 14.3 Å². The van der Waals surface area contributed by atoms with Gasteiger partial charge in [-0.05, 0) is 48.2 Å². The molecule has 0 spiro atoms. The number of amides is 1. The molecule has 43 heavy (non-hydrogen) atoms. The Bertz CT molecular complexity index is 1070. The van der Waals surface area contributed by atoms with Crippen LogP contribution in [0, 0.1) is 23.7 Å². The number of nitrogens with two attached hydrogens (primary N) is 1. The lowest BCUT2D eigenvalue weighted by atomic mass is 9.69. The zero-order valence-corrected chi connectivity index (χ0v) is 26.9. The molecule has 0 aromatic carbocycles. The Balaban J connectivity index is 1.62. The van der Waals surface area contributed by atoms with Gasteiger partial charge in [0.05, 0.1) is 37.4 Å². The minimum Gasteiger partial charge on any atom is -0.390 e. The van der Waals surface area contributed by atoms with Crippen molar-refractivity contribution in [1.82, 2.24) is 15.5 Å². The summed E-state index contributed by atoms with van der Waals surface area (Å²) in [5.74, 6) is 0.313. The third kappa shape index (κ3) is 7.21. The van der Waals surface area contributed by atoms with Crippen LogP contribution in [0.15, 0.2) is 35.7 Å². The number of nitrogens with zero attached hydrogens (tertiary/aromatic N) is 1. The van der Waals surface area contributed by atoms with Crippen LogP contribution in [0.25, 0.3) is 0 Å². The molecular formula is C34H56N4O5. The number of morpholine rings is 1. The molecule has 9 nitrogen and oxygen atoms in total. The second kappa shape index (κ2) is 14.3. The summed E-state index contributed by atoms with van der Waals surface area (Å²) in [6.45, 7) is 14.9. The lowest BCUT2D eigenvalue weighted by Crippen LogP contribution is -2.57. The largest absolute Gasteiger partial charge is 0.390 e. The third-order valence-electron chi connectivity index (χ3n) is 10.1. The first-order valence-electron chi connectivity index (χ1n) is 16.6. The van der Waals surface area contributed by atoms with E-state index in [1.54, 1.807) is 11.1 Å². The highest BCUT2D eigenvalue weighted by molar-refractivity contribution is 6.09. The number of rotatable bonds is 13. The van der Waals surface area contributed by atoms with Crippen molar-refractivity contribution >= 4 is 11.7 Å². The van der Waals surface area contributed by atoms with Crippen molar-refractivity contribution in [2.24, 2.45) is 29.4 Å². The highest BCUT2D eigenvalue weighted by atomic mass is 16.5. The fourth-order valence-electron chi connectivity index (χ4n) is 7.67. The monoisotopic (exact) mass is 600 g/mol. The van der Waals surface area contributed by atoms with Crippen LogP contribution in [0.1, 0.15) is 85.5 Å². The quantitative estimate of drug-likeness (QED) is 0.218. The molecule has 242 valence electrons. The van der Waals surface area contributed by atoms with Gasteiger partial charge in [-0.3, -0.25) is 9.59 Å². The van der Waals surface area contributed by atoms with Gasteiger partial charge < -0.3 is 36.2 Å². The Hall–Kier alpha value is -2.20. The van der Waals surface area contributed by atoms with E-state index in [0.29, 0.717) is 50.6 Å². The molecule has 0 bridgehead atoms. The summed E-state index contributed by atoms with van der Waals surface area (Å²) in [5, 5.41) is 29.5. The van der Waals surface area contributed by atoms with E-state index in [9.17, 15) is 19.8 Å². The molecule has 5 atom stereocenters. The van der Waals surface area contributed by atoms with Gasteiger partial charge in [0.15, 0.2) is 5.78 Å². The van der Waals surface area contributed by atoms with Gasteiger partial charge in [0.25, 0.3) is 0 Å². The Morgan fingerprint density at radius 3 is 2.37 bits per heavy atom. The molecule has 3 aliphatic heterocycles. The molecule has 1 aliphatic carbocycles. The van der Waals surface area contributed by atoms with Crippen molar-refractivity contribution < 1.29 is 24.5 Å². The Kier molecular flexibility index (Phi) is 11.2. The van der Waals surface area contributed by atoms with Crippen LogP contribution in [0.4, 0.5) is 0 Å². The van der Waals surface area contributed by atoms with E-state index < -0.39 is 23.3 Å². The van der Waals surface area contributed by atoms with Crippen LogP contribution in [-0.4, -0.2) is 82.9 Å². The minimum atomic E-state index is -1.23. The second-order valence-corrected chi connectivity index (χ2v) is 14.2. The normalized spacial score (nSPS) is 28.9. The summed E-state index contributed by atoms with van der Waals surface area (Å²) in [7, 11) is 0. The molecule has 4 rings (SSSR count). The molecule has 4 aliphatic rings. The Morgan fingerprint density at radius 2 is 1.77 bits per heavy atom. The fourth-order valence-corrected chi connectivity index (χ4v) is 7.67. The number of Topliss-reactive ketones (excluding diaryl/α,β-unsaturated/α-hetero) is 1. The van der Waals surface area contributed by atoms with Crippen LogP contribution >= 0.6 is 0 Å². The van der Waals surface area contributed by atoms with E-state index in [1.165, 1.54) is 19.3 Å². The number of ether oxygens (including phenoxy) is 1. The molecule has 3 heterocycles. The number of aliphatic hydroxyl groups is 2. The second-order valence-electron chi connectivity index (χ2n) is 14.2. The summed E-state index contributed by atoms with van der Waals surface area (Å²) >= 11 is 0. The standard InChI is InChI=1S/C34H56N4O5/c1-22(2)15-29(39)31(41)26(16-25-9-7-6-8-10-25)27-19-37-34(24(27)5,17-23(3)4)28-20-36-33(21-35,32(28)42)18-30(40)38-11-13-43-14-12-38/h19-20,22-23,25-26,29,31,36-37,39,41H,5-18,21,35H2,1-4H3/t26-,29+,31-,33-,34-/m1/s1. The van der Waals surface area contributed by atoms with Crippen LogP contribution in [0.2, 0.25) is 0 Å². The molecule has 2 fully saturated rings. The first-order valence-corrected chi connectivity index (χ1v) is 16.6. The lowest BCUT2D eigenvalue weighted by Gasteiger charge is -2.38. The highest BCUT2D eigenvalue weighted by Gasteiger charge is 2.55. The zero-order valence-electron chi connectivity index (χ0n) is 26.9. The number of carbonyl (C=O) groups excluding carboxylic acids is 2. The number of hydrogen-bond donors (Lipinski definition) is 5. The lowest BCUT2D eigenvalue weighted by molar-refractivity contribution is -0.139. The molecule has 0 unspecified atom stereocenters. The molecule has 0 aromatic rings. The van der Waals surface area contributed by atoms with Gasteiger partial charge in [-0.2, -0.15) is 0 Å². The van der Waals surface area contributed by atoms with E-state index in [2.05, 4.69) is 31.1 Å². The van der Waals surface area contributed by atoms with E-state index in [4.69, 9.17) is 10.5 Å². The minimum absolute atomic E-state index is 0.0170. The topological polar surface area (TPSA) is 137 Å². The van der Waals surface area contributed by atoms with Gasteiger partial charge in [0.1, 0.15) is 5.54 Å². The van der Waals surface area contributed by atoms with Crippen molar-refractivity contribution in [2.45, 2.75) is 109 Å². The average molecular weight is 601 g/mol. The molecule has 1 amide bonds. The maximum Gasteiger partial charge on any atom is 0.225 e. The Morgan fingerprint density at radius 1 is 1.09 bits per heavy atom. The Labute approximate surface area is 258 Å². The molecule has 1 saturated carbocycles. The van der Waals surface area contributed by atoms with Crippen molar-refractivity contribution in [3.8, 4) is 0 Å². The maximum atomic E-state index is 14.4. The van der Waals surface area contributed by atoms with Crippen LogP contribution in [0.5, 0.6) is 0 Å². The first kappa shape index (κ1) is 33.7. The van der Waals surface area contributed by atoms with Gasteiger partial charge in [-0.1, -0.05) is 66.4 Å². The summed E-state index contributed by atoms with van der Waals surface area (Å²) in [4.78, 5) is 29.4. The van der Waals surface area contributed by atoms with Crippen molar-refractivity contribution in [2.75, 3.05) is 32.8 Å². The summed E-state index contributed by atoms with van der Waals surface area (Å²) in [5.41, 5.74) is 6.26. The van der Waals surface area contributed by atoms with Gasteiger partial charge in [0, 0.05) is 43.5 Å². The smallest absolute Gasteiger partial charge is 0.225 e. The fraction of sp³-hybridized carbons (Fsp3) is 0.765. The molecular weight excluding hydrogens is 544 g/mol. The van der Waals surface area contributed by atoms with Crippen molar-refractivity contribution in [3.05, 3.63) is 35.7 Å². The summed E-state index contributed by atoms with van der Waals surface area (Å²) in [6.07, 6.45) is 9.59. The van der Waals surface area contributed by atoms with Crippen LogP contribution < -0.4 is 16.4 Å². The van der Waals surface area contributed by atoms with Gasteiger partial charge in [0.2, 0.25) is 5.91 Å². The van der Waals surface area contributed by atoms with Gasteiger partial charge >= 0.3 is 0 Å². The SMILES string of the molecule is C=C1C([C@@H](CC2CCCCC2)[C@@H](O)[C@@H](O)CC(C)C)=CN[C@@]1(CC(C)C)C1=CN[C@@](CN)(CC(=O)N2CCOCC2)C1=O. The van der Waals surface area contributed by atoms with E-state index >= 15 is 0 Å². The average Bonchev–Trinajstić information content (AvgIpc) is 3.48. The predicted molar refractivity (Wildman–Crippen MR) is 169 cm³/mol. The molecule has 9 heteroatoms. The van der Waals surface area contributed by atoms with Crippen molar-refractivity contribution in [3.63, 3.8) is 0 Å². The number of nitrogens with one attached hydrogen (secondary N) is 2. The maximum absolute atomic E-state index is 14.4. The number of hydrogen-bond acceptors (Lipinski definition) is 8. The first-order chi connectivity index (χ1) is 20.4. The van der Waals surface area contributed by atoms with Crippen molar-refractivity contribution in [1.29, 1.82) is 0 Å². The summed E-state index contributed by atoms with van der Waals surface area (Å²) < 4.78 is 5.40. The molecule has 0 radical (unpaired) electrons. The molecule has 1 saturated heterocycles. The van der Waals surface area contributed by atoms with Gasteiger partial charge in [-0.25, -0.2) is 0 Å². The number of ketones is 1. The predicted octanol–water partition coefficient (Wildman–Crippen LogP) is 3.17. The molecule has 6 N–H and O–H groups in total. The van der Waals surface area contributed by atoms with Crippen LogP contribution in [0.3, 0.4) is 0 Å². The number of aliphatic hydroxyl groups excluding tert-OH is 2. The number of carbonyl (C=O) groups is 2. The van der Waals surface area contributed by atoms with E-state index in [1.807, 2.05) is 20.0 Å². The van der Waals surface area contributed by atoms with Gasteiger partial charge in [-0.15, -0.1) is 0 Å².